The normalized spacial score (nSPS) is 9.18. The van der Waals surface area contributed by atoms with Gasteiger partial charge in [0.1, 0.15) is 11.8 Å². The maximum Gasteiger partial charge on any atom is 0.336 e. The number of hydrogen-bond acceptors (Lipinski definition) is 3. The maximum atomic E-state index is 10.7. The van der Waals surface area contributed by atoms with Crippen LogP contribution in [0, 0.1) is 25.2 Å². The molecule has 0 bridgehead atoms. The highest BCUT2D eigenvalue weighted by Crippen LogP contribution is 2.07. The van der Waals surface area contributed by atoms with Crippen molar-refractivity contribution in [3.8, 4) is 6.07 Å². The van der Waals surface area contributed by atoms with Gasteiger partial charge in [0.2, 0.25) is 0 Å². The fourth-order valence-corrected chi connectivity index (χ4v) is 0.925. The number of rotatable bonds is 0. The third-order valence-electron chi connectivity index (χ3n) is 1.45. The van der Waals surface area contributed by atoms with Crippen molar-refractivity contribution < 1.29 is 4.42 Å². The molecular weight excluding hydrogens is 142 g/mol. The average Bonchev–Trinajstić information content (AvgIpc) is 1.85. The quantitative estimate of drug-likeness (QED) is 0.555. The molecule has 0 saturated heterocycles. The van der Waals surface area contributed by atoms with Gasteiger partial charge in [0.15, 0.2) is 0 Å². The van der Waals surface area contributed by atoms with Crippen LogP contribution in [-0.4, -0.2) is 0 Å². The van der Waals surface area contributed by atoms with Crippen LogP contribution in [0.1, 0.15) is 16.9 Å². The van der Waals surface area contributed by atoms with Gasteiger partial charge in [-0.2, -0.15) is 5.26 Å². The molecule has 1 heterocycles. The molecule has 0 aliphatic rings. The van der Waals surface area contributed by atoms with Crippen LogP contribution in [-0.2, 0) is 0 Å². The fraction of sp³-hybridized carbons (Fsp3) is 0.250. The highest BCUT2D eigenvalue weighted by molar-refractivity contribution is 5.37. The van der Waals surface area contributed by atoms with E-state index in [1.54, 1.807) is 13.8 Å². The van der Waals surface area contributed by atoms with E-state index in [0.717, 1.165) is 0 Å². The monoisotopic (exact) mass is 149 g/mol. The smallest absolute Gasteiger partial charge is 0.336 e. The first-order chi connectivity index (χ1) is 5.15. The molecule has 1 aromatic rings. The lowest BCUT2D eigenvalue weighted by Gasteiger charge is -1.96. The topological polar surface area (TPSA) is 54.0 Å². The first kappa shape index (κ1) is 7.55. The summed E-state index contributed by atoms with van der Waals surface area (Å²) in [5.74, 6) is 0.387. The van der Waals surface area contributed by atoms with Crippen LogP contribution in [0.2, 0.25) is 0 Å². The Labute approximate surface area is 63.9 Å². The minimum Gasteiger partial charge on any atom is -0.427 e. The van der Waals surface area contributed by atoms with Gasteiger partial charge in [0.25, 0.3) is 0 Å². The molecule has 0 aromatic carbocycles. The molecule has 0 atom stereocenters. The highest BCUT2D eigenvalue weighted by Gasteiger charge is 2.03. The van der Waals surface area contributed by atoms with E-state index in [1.807, 2.05) is 6.07 Å². The van der Waals surface area contributed by atoms with Crippen LogP contribution in [0.25, 0.3) is 0 Å². The molecule has 0 aliphatic heterocycles. The lowest BCUT2D eigenvalue weighted by Crippen LogP contribution is -2.01. The van der Waals surface area contributed by atoms with Crippen LogP contribution in [0.3, 0.4) is 0 Å². The van der Waals surface area contributed by atoms with Gasteiger partial charge in [-0.05, 0) is 19.4 Å². The molecule has 0 aliphatic carbocycles. The van der Waals surface area contributed by atoms with Crippen molar-refractivity contribution in [2.45, 2.75) is 13.8 Å². The van der Waals surface area contributed by atoms with Gasteiger partial charge in [-0.25, -0.2) is 4.79 Å². The number of aryl methyl sites for hydroxylation is 2. The summed E-state index contributed by atoms with van der Waals surface area (Å²) >= 11 is 0. The molecule has 3 nitrogen and oxygen atoms in total. The number of nitriles is 1. The van der Waals surface area contributed by atoms with E-state index in [2.05, 4.69) is 0 Å². The summed E-state index contributed by atoms with van der Waals surface area (Å²) in [6.07, 6.45) is 0. The predicted octanol–water partition coefficient (Wildman–Crippen LogP) is 1.13. The molecule has 0 radical (unpaired) electrons. The summed E-state index contributed by atoms with van der Waals surface area (Å²) in [5, 5.41) is 8.58. The Bertz CT molecular complexity index is 344. The molecule has 1 rings (SSSR count). The van der Waals surface area contributed by atoms with Gasteiger partial charge in [0.05, 0.1) is 5.56 Å². The first-order valence-electron chi connectivity index (χ1n) is 3.16. The summed E-state index contributed by atoms with van der Waals surface area (Å²) < 4.78 is 4.70. The molecule has 11 heavy (non-hydrogen) atoms. The van der Waals surface area contributed by atoms with Crippen molar-refractivity contribution in [3.05, 3.63) is 33.4 Å². The minimum absolute atomic E-state index is 0.387. The Morgan fingerprint density at radius 1 is 1.55 bits per heavy atom. The fourth-order valence-electron chi connectivity index (χ4n) is 0.925. The molecule has 3 heteroatoms. The Morgan fingerprint density at radius 2 is 2.18 bits per heavy atom. The Hall–Kier alpha value is -1.56. The van der Waals surface area contributed by atoms with E-state index in [9.17, 15) is 4.79 Å². The summed E-state index contributed by atoms with van der Waals surface area (Å²) in [4.78, 5) is 10.7. The third kappa shape index (κ3) is 1.30. The number of hydrogen-bond donors (Lipinski definition) is 0. The lowest BCUT2D eigenvalue weighted by atomic mass is 10.1. The van der Waals surface area contributed by atoms with E-state index < -0.39 is 5.63 Å². The maximum absolute atomic E-state index is 10.7. The summed E-state index contributed by atoms with van der Waals surface area (Å²) in [6.45, 7) is 3.31. The summed E-state index contributed by atoms with van der Waals surface area (Å²) in [5.41, 5.74) is 0.713. The molecule has 56 valence electrons. The first-order valence-corrected chi connectivity index (χ1v) is 3.16. The van der Waals surface area contributed by atoms with Crippen LogP contribution in [0.5, 0.6) is 0 Å². The third-order valence-corrected chi connectivity index (χ3v) is 1.45. The molecule has 1 aromatic heterocycles. The van der Waals surface area contributed by atoms with E-state index in [-0.39, 0.29) is 0 Å². The zero-order valence-corrected chi connectivity index (χ0v) is 6.34. The number of nitrogens with zero attached hydrogens (tertiary/aromatic N) is 1. The Kier molecular flexibility index (Phi) is 1.77. The van der Waals surface area contributed by atoms with Gasteiger partial charge in [-0.3, -0.25) is 0 Å². The van der Waals surface area contributed by atoms with Crippen molar-refractivity contribution in [1.29, 1.82) is 5.26 Å². The van der Waals surface area contributed by atoms with E-state index in [4.69, 9.17) is 9.68 Å². The highest BCUT2D eigenvalue weighted by atomic mass is 16.4. The van der Waals surface area contributed by atoms with Gasteiger partial charge < -0.3 is 4.42 Å². The zero-order valence-electron chi connectivity index (χ0n) is 6.34. The standard InChI is InChI=1S/C8H7NO2/c1-5-3-8(10)11-6(2)7(5)4-9/h3H,1-2H3. The molecule has 0 fully saturated rings. The molecule has 0 spiro atoms. The second-order valence-corrected chi connectivity index (χ2v) is 2.29. The molecule has 0 unspecified atom stereocenters. The minimum atomic E-state index is -0.404. The summed E-state index contributed by atoms with van der Waals surface area (Å²) in [7, 11) is 0. The Morgan fingerprint density at radius 3 is 2.64 bits per heavy atom. The van der Waals surface area contributed by atoms with Gasteiger partial charge in [-0.15, -0.1) is 0 Å². The Balaban J connectivity index is 3.52. The van der Waals surface area contributed by atoms with E-state index in [1.165, 1.54) is 6.07 Å². The molecular formula is C8H7NO2. The van der Waals surface area contributed by atoms with Crippen molar-refractivity contribution in [2.24, 2.45) is 0 Å². The SMILES string of the molecule is Cc1cc(=O)oc(C)c1C#N. The zero-order chi connectivity index (χ0) is 8.43. The van der Waals surface area contributed by atoms with E-state index in [0.29, 0.717) is 16.9 Å². The van der Waals surface area contributed by atoms with Crippen LogP contribution in [0.15, 0.2) is 15.3 Å². The largest absolute Gasteiger partial charge is 0.427 e. The molecule has 0 saturated carbocycles. The van der Waals surface area contributed by atoms with Crippen molar-refractivity contribution >= 4 is 0 Å². The van der Waals surface area contributed by atoms with Gasteiger partial charge >= 0.3 is 5.63 Å². The van der Waals surface area contributed by atoms with E-state index >= 15 is 0 Å². The summed E-state index contributed by atoms with van der Waals surface area (Å²) in [6, 6.07) is 3.27. The second kappa shape index (κ2) is 2.59. The van der Waals surface area contributed by atoms with Crippen LogP contribution < -0.4 is 5.63 Å². The predicted molar refractivity (Wildman–Crippen MR) is 39.2 cm³/mol. The van der Waals surface area contributed by atoms with Gasteiger partial charge in [0, 0.05) is 6.07 Å². The van der Waals surface area contributed by atoms with Crippen molar-refractivity contribution in [1.82, 2.24) is 0 Å². The molecule has 0 amide bonds. The molecule has 0 N–H and O–H groups in total. The average molecular weight is 149 g/mol. The van der Waals surface area contributed by atoms with Crippen molar-refractivity contribution in [3.63, 3.8) is 0 Å². The van der Waals surface area contributed by atoms with Crippen LogP contribution >= 0.6 is 0 Å². The second-order valence-electron chi connectivity index (χ2n) is 2.29. The van der Waals surface area contributed by atoms with Gasteiger partial charge in [-0.1, -0.05) is 0 Å². The van der Waals surface area contributed by atoms with Crippen molar-refractivity contribution in [2.75, 3.05) is 0 Å². The lowest BCUT2D eigenvalue weighted by molar-refractivity contribution is 0.477. The van der Waals surface area contributed by atoms with Crippen LogP contribution in [0.4, 0.5) is 0 Å².